The zero-order chi connectivity index (χ0) is 14.3. The summed E-state index contributed by atoms with van der Waals surface area (Å²) < 4.78 is 0. The van der Waals surface area contributed by atoms with Gasteiger partial charge >= 0.3 is 0 Å². The molecule has 2 unspecified atom stereocenters. The second kappa shape index (κ2) is 8.54. The van der Waals surface area contributed by atoms with Crippen molar-refractivity contribution in [2.24, 2.45) is 5.92 Å². The average Bonchev–Trinajstić information content (AvgIpc) is 2.37. The van der Waals surface area contributed by atoms with Crippen molar-refractivity contribution in [2.75, 3.05) is 26.7 Å². The molecule has 1 heterocycles. The van der Waals surface area contributed by atoms with Crippen LogP contribution in [0.3, 0.4) is 0 Å². The Hall–Kier alpha value is -0.610. The first kappa shape index (κ1) is 16.4. The lowest BCUT2D eigenvalue weighted by molar-refractivity contribution is -0.122. The van der Waals surface area contributed by atoms with Gasteiger partial charge in [-0.2, -0.15) is 0 Å². The van der Waals surface area contributed by atoms with Gasteiger partial charge in [0.05, 0.1) is 6.54 Å². The van der Waals surface area contributed by atoms with Crippen LogP contribution in [0, 0.1) is 5.92 Å². The molecule has 1 rings (SSSR count). The van der Waals surface area contributed by atoms with E-state index in [0.29, 0.717) is 18.5 Å². The highest BCUT2D eigenvalue weighted by molar-refractivity contribution is 5.78. The zero-order valence-corrected chi connectivity index (χ0v) is 13.0. The van der Waals surface area contributed by atoms with Crippen molar-refractivity contribution in [2.45, 2.75) is 58.5 Å². The highest BCUT2D eigenvalue weighted by atomic mass is 16.2. The first-order valence-electron chi connectivity index (χ1n) is 7.70. The molecule has 0 saturated carbocycles. The van der Waals surface area contributed by atoms with E-state index in [4.69, 9.17) is 0 Å². The van der Waals surface area contributed by atoms with E-state index < -0.39 is 0 Å². The first-order chi connectivity index (χ1) is 8.99. The van der Waals surface area contributed by atoms with Gasteiger partial charge in [-0.15, -0.1) is 0 Å². The first-order valence-corrected chi connectivity index (χ1v) is 7.70. The minimum Gasteiger partial charge on any atom is -0.352 e. The maximum absolute atomic E-state index is 11.9. The predicted molar refractivity (Wildman–Crippen MR) is 80.2 cm³/mol. The Morgan fingerprint density at radius 3 is 2.68 bits per heavy atom. The van der Waals surface area contributed by atoms with Gasteiger partial charge in [-0.1, -0.05) is 20.3 Å². The van der Waals surface area contributed by atoms with Crippen molar-refractivity contribution in [3.05, 3.63) is 0 Å². The highest BCUT2D eigenvalue weighted by Gasteiger charge is 2.15. The largest absolute Gasteiger partial charge is 0.352 e. The van der Waals surface area contributed by atoms with E-state index in [-0.39, 0.29) is 11.9 Å². The topological polar surface area (TPSA) is 44.4 Å². The summed E-state index contributed by atoms with van der Waals surface area (Å²) in [4.78, 5) is 14.0. The number of hydrogen-bond acceptors (Lipinski definition) is 3. The molecule has 1 aliphatic rings. The van der Waals surface area contributed by atoms with Crippen LogP contribution in [0.15, 0.2) is 0 Å². The number of likely N-dealkylation sites (N-methyl/N-ethyl adjacent to an activating group) is 1. The Kier molecular flexibility index (Phi) is 7.39. The molecule has 0 radical (unpaired) electrons. The van der Waals surface area contributed by atoms with Crippen LogP contribution < -0.4 is 10.6 Å². The molecule has 0 aliphatic carbocycles. The number of amides is 1. The standard InChI is InChI=1S/C15H31N3O/c1-12(2)13(3)17-15(19)11-18(4)10-8-14-7-5-6-9-16-14/h12-14,16H,5-11H2,1-4H3,(H,17,19). The number of rotatable bonds is 7. The smallest absolute Gasteiger partial charge is 0.234 e. The molecule has 0 aromatic carbocycles. The van der Waals surface area contributed by atoms with Gasteiger partial charge in [0, 0.05) is 12.1 Å². The molecule has 19 heavy (non-hydrogen) atoms. The number of piperidine rings is 1. The van der Waals surface area contributed by atoms with Gasteiger partial charge < -0.3 is 10.6 Å². The summed E-state index contributed by atoms with van der Waals surface area (Å²) in [6.07, 6.45) is 5.07. The van der Waals surface area contributed by atoms with E-state index in [1.807, 2.05) is 7.05 Å². The minimum absolute atomic E-state index is 0.139. The molecule has 4 heteroatoms. The fourth-order valence-electron chi connectivity index (χ4n) is 2.34. The van der Waals surface area contributed by atoms with Gasteiger partial charge in [0.25, 0.3) is 0 Å². The summed E-state index contributed by atoms with van der Waals surface area (Å²) in [6.45, 7) is 8.97. The Morgan fingerprint density at radius 1 is 1.37 bits per heavy atom. The van der Waals surface area contributed by atoms with Gasteiger partial charge in [0.15, 0.2) is 0 Å². The third kappa shape index (κ3) is 6.92. The Balaban J connectivity index is 2.15. The molecule has 0 aromatic rings. The number of nitrogens with one attached hydrogen (secondary N) is 2. The van der Waals surface area contributed by atoms with Crippen molar-refractivity contribution in [1.29, 1.82) is 0 Å². The van der Waals surface area contributed by atoms with E-state index >= 15 is 0 Å². The molecule has 1 fully saturated rings. The van der Waals surface area contributed by atoms with E-state index in [0.717, 1.165) is 19.5 Å². The van der Waals surface area contributed by atoms with Crippen molar-refractivity contribution >= 4 is 5.91 Å². The average molecular weight is 269 g/mol. The zero-order valence-electron chi connectivity index (χ0n) is 13.0. The van der Waals surface area contributed by atoms with Crippen molar-refractivity contribution in [1.82, 2.24) is 15.5 Å². The summed E-state index contributed by atoms with van der Waals surface area (Å²) in [6, 6.07) is 0.898. The summed E-state index contributed by atoms with van der Waals surface area (Å²) in [5.74, 6) is 0.626. The van der Waals surface area contributed by atoms with Crippen LogP contribution in [0.5, 0.6) is 0 Å². The lowest BCUT2D eigenvalue weighted by atomic mass is 10.0. The van der Waals surface area contributed by atoms with E-state index in [1.165, 1.54) is 19.3 Å². The highest BCUT2D eigenvalue weighted by Crippen LogP contribution is 2.10. The molecular formula is C15H31N3O. The summed E-state index contributed by atoms with van der Waals surface area (Å²) in [5, 5.41) is 6.60. The van der Waals surface area contributed by atoms with Crippen LogP contribution in [0.2, 0.25) is 0 Å². The van der Waals surface area contributed by atoms with Crippen LogP contribution in [0.4, 0.5) is 0 Å². The van der Waals surface area contributed by atoms with Crippen LogP contribution >= 0.6 is 0 Å². The molecular weight excluding hydrogens is 238 g/mol. The lowest BCUT2D eigenvalue weighted by Gasteiger charge is -2.26. The van der Waals surface area contributed by atoms with Crippen LogP contribution in [-0.4, -0.2) is 49.6 Å². The van der Waals surface area contributed by atoms with Crippen molar-refractivity contribution in [3.63, 3.8) is 0 Å². The number of hydrogen-bond donors (Lipinski definition) is 2. The fourth-order valence-corrected chi connectivity index (χ4v) is 2.34. The van der Waals surface area contributed by atoms with Gasteiger partial charge in [-0.25, -0.2) is 0 Å². The Labute approximate surface area is 118 Å². The lowest BCUT2D eigenvalue weighted by Crippen LogP contribution is -2.43. The van der Waals surface area contributed by atoms with Crippen LogP contribution in [0.25, 0.3) is 0 Å². The molecule has 2 atom stereocenters. The maximum Gasteiger partial charge on any atom is 0.234 e. The molecule has 4 nitrogen and oxygen atoms in total. The quantitative estimate of drug-likeness (QED) is 0.738. The monoisotopic (exact) mass is 269 g/mol. The molecule has 112 valence electrons. The number of nitrogens with zero attached hydrogens (tertiary/aromatic N) is 1. The van der Waals surface area contributed by atoms with E-state index in [9.17, 15) is 4.79 Å². The molecule has 1 aliphatic heterocycles. The second-order valence-electron chi connectivity index (χ2n) is 6.27. The SMILES string of the molecule is CC(C)C(C)NC(=O)CN(C)CCC1CCCCN1. The molecule has 0 spiro atoms. The van der Waals surface area contributed by atoms with Crippen LogP contribution in [-0.2, 0) is 4.79 Å². The van der Waals surface area contributed by atoms with E-state index in [2.05, 4.69) is 36.3 Å². The summed E-state index contributed by atoms with van der Waals surface area (Å²) >= 11 is 0. The van der Waals surface area contributed by atoms with Crippen molar-refractivity contribution < 1.29 is 4.79 Å². The molecule has 0 aromatic heterocycles. The summed E-state index contributed by atoms with van der Waals surface area (Å²) in [5.41, 5.74) is 0. The Bertz CT molecular complexity index is 262. The van der Waals surface area contributed by atoms with Crippen molar-refractivity contribution in [3.8, 4) is 0 Å². The molecule has 2 N–H and O–H groups in total. The second-order valence-corrected chi connectivity index (χ2v) is 6.27. The third-order valence-corrected chi connectivity index (χ3v) is 4.07. The molecule has 0 bridgehead atoms. The molecule has 1 saturated heterocycles. The van der Waals surface area contributed by atoms with Crippen LogP contribution in [0.1, 0.15) is 46.5 Å². The fraction of sp³-hybridized carbons (Fsp3) is 0.933. The summed E-state index contributed by atoms with van der Waals surface area (Å²) in [7, 11) is 2.03. The third-order valence-electron chi connectivity index (χ3n) is 4.07. The number of carbonyl (C=O) groups excluding carboxylic acids is 1. The Morgan fingerprint density at radius 2 is 2.11 bits per heavy atom. The normalized spacial score (nSPS) is 21.7. The van der Waals surface area contributed by atoms with E-state index in [1.54, 1.807) is 0 Å². The van der Waals surface area contributed by atoms with Gasteiger partial charge in [-0.05, 0) is 52.2 Å². The predicted octanol–water partition coefficient (Wildman–Crippen LogP) is 1.61. The maximum atomic E-state index is 11.9. The van der Waals surface area contributed by atoms with Gasteiger partial charge in [0.1, 0.15) is 0 Å². The number of carbonyl (C=O) groups is 1. The minimum atomic E-state index is 0.139. The van der Waals surface area contributed by atoms with Gasteiger partial charge in [-0.3, -0.25) is 9.69 Å². The molecule has 1 amide bonds. The van der Waals surface area contributed by atoms with Gasteiger partial charge in [0.2, 0.25) is 5.91 Å².